The molecule has 0 radical (unpaired) electrons. The lowest BCUT2D eigenvalue weighted by Gasteiger charge is -2.20. The average molecular weight is 255 g/mol. The number of carbonyl (C=O) groups excluding carboxylic acids is 1. The van der Waals surface area contributed by atoms with Crippen molar-refractivity contribution in [3.05, 3.63) is 77.9 Å². The summed E-state index contributed by atoms with van der Waals surface area (Å²) in [7, 11) is 0. The van der Waals surface area contributed by atoms with Crippen LogP contribution in [0.3, 0.4) is 0 Å². The molecule has 3 nitrogen and oxygen atoms in total. The van der Waals surface area contributed by atoms with Gasteiger partial charge in [-0.05, 0) is 12.7 Å². The van der Waals surface area contributed by atoms with E-state index in [4.69, 9.17) is 0 Å². The quantitative estimate of drug-likeness (QED) is 0.271. The number of rotatable bonds is 5. The summed E-state index contributed by atoms with van der Waals surface area (Å²) in [4.78, 5) is 15.1. The van der Waals surface area contributed by atoms with Crippen LogP contribution in [0.5, 0.6) is 0 Å². The Morgan fingerprint density at radius 2 is 1.79 bits per heavy atom. The van der Waals surface area contributed by atoms with Gasteiger partial charge in [-0.25, -0.2) is 0 Å². The van der Waals surface area contributed by atoms with Gasteiger partial charge in [0.1, 0.15) is 0 Å². The van der Waals surface area contributed by atoms with Gasteiger partial charge in [0.2, 0.25) is 0 Å². The normalized spacial score (nSPS) is 12.1. The lowest BCUT2D eigenvalue weighted by atomic mass is 9.96. The van der Waals surface area contributed by atoms with E-state index in [1.165, 1.54) is 6.61 Å². The fourth-order valence-electron chi connectivity index (χ4n) is 1.90. The Bertz CT molecular complexity index is 549. The topological polar surface area (TPSA) is 52.9 Å². The SMILES string of the molecule is CC([CH-][OH+][O-])c1cccc(C(=O)c2ccccc2)c1. The van der Waals surface area contributed by atoms with Crippen LogP contribution in [-0.2, 0) is 0 Å². The highest BCUT2D eigenvalue weighted by Crippen LogP contribution is 2.20. The number of hydrogen-bond acceptors (Lipinski definition) is 2. The zero-order chi connectivity index (χ0) is 13.7. The fourth-order valence-corrected chi connectivity index (χ4v) is 1.90. The molecule has 0 amide bonds. The summed E-state index contributed by atoms with van der Waals surface area (Å²) in [6.07, 6.45) is 0. The lowest BCUT2D eigenvalue weighted by molar-refractivity contribution is -0.762. The number of hydrogen-bond donors (Lipinski definition) is 0. The molecule has 0 heterocycles. The fraction of sp³-hybridized carbons (Fsp3) is 0.125. The van der Waals surface area contributed by atoms with Crippen molar-refractivity contribution in [1.29, 1.82) is 0 Å². The van der Waals surface area contributed by atoms with Crippen molar-refractivity contribution < 1.29 is 14.9 Å². The first kappa shape index (κ1) is 13.5. The lowest BCUT2D eigenvalue weighted by Crippen LogP contribution is -2.12. The minimum Gasteiger partial charge on any atom is -0.587 e. The monoisotopic (exact) mass is 255 g/mol. The maximum Gasteiger partial charge on any atom is 0.193 e. The third-order valence-electron chi connectivity index (χ3n) is 3.00. The predicted octanol–water partition coefficient (Wildman–Crippen LogP) is 2.55. The van der Waals surface area contributed by atoms with Crippen molar-refractivity contribution in [2.75, 3.05) is 0 Å². The van der Waals surface area contributed by atoms with Gasteiger partial charge in [-0.3, -0.25) is 4.79 Å². The minimum atomic E-state index is -0.0963. The van der Waals surface area contributed by atoms with Crippen molar-refractivity contribution in [3.8, 4) is 0 Å². The van der Waals surface area contributed by atoms with Gasteiger partial charge in [-0.2, -0.15) is 0 Å². The van der Waals surface area contributed by atoms with E-state index in [0.717, 1.165) is 5.56 Å². The molecule has 0 bridgehead atoms. The van der Waals surface area contributed by atoms with E-state index < -0.39 is 0 Å². The number of carbonyl (C=O) groups is 1. The van der Waals surface area contributed by atoms with Crippen molar-refractivity contribution in [1.82, 2.24) is 0 Å². The molecule has 1 atom stereocenters. The van der Waals surface area contributed by atoms with Gasteiger partial charge in [0, 0.05) is 11.1 Å². The number of ketones is 1. The second-order valence-corrected chi connectivity index (χ2v) is 4.36. The molecule has 2 aromatic carbocycles. The van der Waals surface area contributed by atoms with Gasteiger partial charge in [-0.1, -0.05) is 66.9 Å². The predicted molar refractivity (Wildman–Crippen MR) is 71.7 cm³/mol. The van der Waals surface area contributed by atoms with E-state index >= 15 is 0 Å². The highest BCUT2D eigenvalue weighted by atomic mass is 17.1. The van der Waals surface area contributed by atoms with Gasteiger partial charge in [0.05, 0.1) is 0 Å². The highest BCUT2D eigenvalue weighted by Gasteiger charge is 2.09. The smallest absolute Gasteiger partial charge is 0.193 e. The van der Waals surface area contributed by atoms with Crippen LogP contribution in [0.2, 0.25) is 0 Å². The Labute approximate surface area is 112 Å². The zero-order valence-electron chi connectivity index (χ0n) is 10.6. The van der Waals surface area contributed by atoms with E-state index in [-0.39, 0.29) is 11.7 Å². The van der Waals surface area contributed by atoms with Crippen LogP contribution in [0, 0.1) is 6.61 Å². The van der Waals surface area contributed by atoms with Crippen LogP contribution in [0.1, 0.15) is 34.3 Å². The Morgan fingerprint density at radius 1 is 1.11 bits per heavy atom. The second-order valence-electron chi connectivity index (χ2n) is 4.36. The molecule has 0 aliphatic heterocycles. The van der Waals surface area contributed by atoms with E-state index in [1.807, 2.05) is 43.3 Å². The molecule has 2 rings (SSSR count). The first-order valence-corrected chi connectivity index (χ1v) is 6.08. The first-order valence-electron chi connectivity index (χ1n) is 6.08. The van der Waals surface area contributed by atoms with Gasteiger partial charge in [0.25, 0.3) is 0 Å². The van der Waals surface area contributed by atoms with E-state index in [1.54, 1.807) is 18.2 Å². The Morgan fingerprint density at radius 3 is 2.47 bits per heavy atom. The van der Waals surface area contributed by atoms with Crippen LogP contribution in [0.25, 0.3) is 0 Å². The van der Waals surface area contributed by atoms with E-state index in [0.29, 0.717) is 11.1 Å². The molecule has 0 saturated heterocycles. The third-order valence-corrected chi connectivity index (χ3v) is 3.00. The molecule has 0 aromatic heterocycles. The highest BCUT2D eigenvalue weighted by molar-refractivity contribution is 6.09. The van der Waals surface area contributed by atoms with Crippen molar-refractivity contribution in [2.45, 2.75) is 12.8 Å². The molecule has 1 unspecified atom stereocenters. The van der Waals surface area contributed by atoms with Crippen LogP contribution in [0.4, 0.5) is 0 Å². The molecule has 0 aliphatic carbocycles. The van der Waals surface area contributed by atoms with Crippen molar-refractivity contribution in [3.63, 3.8) is 0 Å². The summed E-state index contributed by atoms with van der Waals surface area (Å²) in [5.41, 5.74) is 2.18. The molecule has 2 aromatic rings. The summed E-state index contributed by atoms with van der Waals surface area (Å²) in [5, 5.41) is 10.3. The Balaban J connectivity index is 2.26. The summed E-state index contributed by atoms with van der Waals surface area (Å²) in [6, 6.07) is 16.4. The standard InChI is InChI=1S/C16H15O3/c1-12(11-19-18)14-8-5-9-15(10-14)16(17)13-6-3-2-4-7-13/h2-12,19H,1H3/q-1. The maximum absolute atomic E-state index is 12.3. The molecule has 98 valence electrons. The molecular formula is C16H15O3-. The molecule has 0 aliphatic rings. The average Bonchev–Trinajstić information content (AvgIpc) is 2.48. The number of aliphatic hydroxyl groups is 1. The summed E-state index contributed by atoms with van der Waals surface area (Å²) >= 11 is 0. The second kappa shape index (κ2) is 6.27. The largest absolute Gasteiger partial charge is 0.587 e. The Kier molecular flexibility index (Phi) is 4.44. The maximum atomic E-state index is 12.3. The van der Waals surface area contributed by atoms with Crippen LogP contribution >= 0.6 is 0 Å². The summed E-state index contributed by atoms with van der Waals surface area (Å²) < 4.78 is 0. The minimum absolute atomic E-state index is 0.0197. The molecule has 1 N–H and O–H groups in total. The first-order chi connectivity index (χ1) is 9.22. The Hall–Kier alpha value is -1.97. The van der Waals surface area contributed by atoms with Gasteiger partial charge in [0.15, 0.2) is 5.78 Å². The molecule has 0 spiro atoms. The summed E-state index contributed by atoms with van der Waals surface area (Å²) in [6.45, 7) is 3.19. The van der Waals surface area contributed by atoms with Gasteiger partial charge >= 0.3 is 0 Å². The van der Waals surface area contributed by atoms with Crippen molar-refractivity contribution >= 4 is 5.78 Å². The molecule has 19 heavy (non-hydrogen) atoms. The van der Waals surface area contributed by atoms with Gasteiger partial charge < -0.3 is 10.1 Å². The molecule has 3 heteroatoms. The third kappa shape index (κ3) is 3.28. The van der Waals surface area contributed by atoms with Crippen LogP contribution < -0.4 is 5.26 Å². The molecule has 0 fully saturated rings. The van der Waals surface area contributed by atoms with Crippen molar-refractivity contribution in [2.24, 2.45) is 0 Å². The molecular weight excluding hydrogens is 240 g/mol. The molecule has 0 saturated carbocycles. The van der Waals surface area contributed by atoms with Gasteiger partial charge in [-0.15, -0.1) is 0 Å². The van der Waals surface area contributed by atoms with Crippen LogP contribution in [-0.4, -0.2) is 10.7 Å². The number of benzene rings is 2. The van der Waals surface area contributed by atoms with Crippen LogP contribution in [0.15, 0.2) is 54.6 Å². The van der Waals surface area contributed by atoms with E-state index in [9.17, 15) is 10.1 Å². The summed E-state index contributed by atoms with van der Waals surface area (Å²) in [5.74, 6) is -0.116. The zero-order valence-corrected chi connectivity index (χ0v) is 10.6. The van der Waals surface area contributed by atoms with E-state index in [2.05, 4.69) is 4.89 Å².